The molecule has 1 N–H and O–H groups in total. The minimum atomic E-state index is -0.165. The molecule has 7 heteroatoms. The highest BCUT2D eigenvalue weighted by Crippen LogP contribution is 2.34. The smallest absolute Gasteiger partial charge is 0.265 e. The zero-order chi connectivity index (χ0) is 20.1. The molecule has 2 heterocycles. The Bertz CT molecular complexity index is 989. The normalized spacial score (nSPS) is 12.8. The van der Waals surface area contributed by atoms with Crippen LogP contribution in [0.3, 0.4) is 0 Å². The number of ether oxygens (including phenoxy) is 2. The third-order valence-corrected chi connectivity index (χ3v) is 5.31. The van der Waals surface area contributed by atoms with Gasteiger partial charge < -0.3 is 19.7 Å². The number of hydrogen-bond donors (Lipinski definition) is 1. The fraction of sp³-hybridized carbons (Fsp3) is 0.182. The molecule has 0 aliphatic carbocycles. The Hall–Kier alpha value is -3.32. The quantitative estimate of drug-likeness (QED) is 0.595. The summed E-state index contributed by atoms with van der Waals surface area (Å²) in [5.41, 5.74) is 1.33. The first-order valence-electron chi connectivity index (χ1n) is 9.30. The van der Waals surface area contributed by atoms with Crippen molar-refractivity contribution < 1.29 is 19.1 Å². The minimum Gasteiger partial charge on any atom is -0.494 e. The number of thiophene rings is 1. The maximum atomic E-state index is 12.3. The Morgan fingerprint density at radius 3 is 2.79 bits per heavy atom. The van der Waals surface area contributed by atoms with Crippen molar-refractivity contribution in [1.29, 1.82) is 0 Å². The highest BCUT2D eigenvalue weighted by atomic mass is 32.1. The van der Waals surface area contributed by atoms with Crippen molar-refractivity contribution in [3.05, 3.63) is 70.9 Å². The van der Waals surface area contributed by atoms with Gasteiger partial charge in [-0.15, -0.1) is 11.3 Å². The van der Waals surface area contributed by atoms with Crippen molar-refractivity contribution in [2.75, 3.05) is 30.0 Å². The molecule has 148 valence electrons. The molecule has 4 rings (SSSR count). The van der Waals surface area contributed by atoms with Crippen molar-refractivity contribution in [3.63, 3.8) is 0 Å². The van der Waals surface area contributed by atoms with Gasteiger partial charge in [0.1, 0.15) is 11.5 Å². The van der Waals surface area contributed by atoms with Crippen LogP contribution in [0, 0.1) is 0 Å². The maximum Gasteiger partial charge on any atom is 0.265 e. The van der Waals surface area contributed by atoms with Gasteiger partial charge in [0.25, 0.3) is 11.8 Å². The molecule has 1 aliphatic rings. The first-order chi connectivity index (χ1) is 14.2. The Morgan fingerprint density at radius 1 is 1.14 bits per heavy atom. The largest absolute Gasteiger partial charge is 0.494 e. The first-order valence-corrected chi connectivity index (χ1v) is 10.2. The highest BCUT2D eigenvalue weighted by Gasteiger charge is 2.25. The van der Waals surface area contributed by atoms with Gasteiger partial charge in [-0.05, 0) is 42.1 Å². The molecule has 0 fully saturated rings. The fourth-order valence-electron chi connectivity index (χ4n) is 3.06. The average molecular weight is 408 g/mol. The SMILES string of the molecule is O=C(Nc1ccc2c(c1)OCC(=O)N2CCCOc1ccccc1)c1cccs1. The van der Waals surface area contributed by atoms with Crippen LogP contribution in [0.15, 0.2) is 66.0 Å². The summed E-state index contributed by atoms with van der Waals surface area (Å²) in [6.45, 7) is 1.02. The van der Waals surface area contributed by atoms with Gasteiger partial charge in [-0.3, -0.25) is 9.59 Å². The van der Waals surface area contributed by atoms with Crippen molar-refractivity contribution >= 4 is 34.5 Å². The number of carbonyl (C=O) groups excluding carboxylic acids is 2. The number of rotatable bonds is 7. The number of fused-ring (bicyclic) bond motifs is 1. The van der Waals surface area contributed by atoms with Gasteiger partial charge in [-0.1, -0.05) is 24.3 Å². The topological polar surface area (TPSA) is 67.9 Å². The fourth-order valence-corrected chi connectivity index (χ4v) is 3.68. The number of nitrogens with one attached hydrogen (secondary N) is 1. The third kappa shape index (κ3) is 4.57. The molecule has 0 atom stereocenters. The molecule has 1 aliphatic heterocycles. The van der Waals surface area contributed by atoms with E-state index in [0.717, 1.165) is 5.75 Å². The molecule has 0 bridgehead atoms. The van der Waals surface area contributed by atoms with Crippen LogP contribution in [-0.4, -0.2) is 31.6 Å². The van der Waals surface area contributed by atoms with Gasteiger partial charge in [0, 0.05) is 18.3 Å². The molecule has 1 aromatic heterocycles. The second kappa shape index (κ2) is 8.79. The molecule has 2 aromatic carbocycles. The van der Waals surface area contributed by atoms with Gasteiger partial charge in [-0.2, -0.15) is 0 Å². The molecular weight excluding hydrogens is 388 g/mol. The molecule has 6 nitrogen and oxygen atoms in total. The molecule has 0 saturated carbocycles. The summed E-state index contributed by atoms with van der Waals surface area (Å²) in [5.74, 6) is 1.14. The lowest BCUT2D eigenvalue weighted by atomic mass is 10.2. The standard InChI is InChI=1S/C22H20N2O4S/c25-21-15-28-19-14-16(23-22(26)20-8-4-13-29-20)9-10-18(19)24(21)11-5-12-27-17-6-2-1-3-7-17/h1-4,6-10,13-14H,5,11-12,15H2,(H,23,26). The van der Waals surface area contributed by atoms with E-state index in [1.165, 1.54) is 11.3 Å². The Balaban J connectivity index is 1.39. The second-order valence-electron chi connectivity index (χ2n) is 6.46. The van der Waals surface area contributed by atoms with Crippen molar-refractivity contribution in [2.24, 2.45) is 0 Å². The van der Waals surface area contributed by atoms with Gasteiger partial charge in [-0.25, -0.2) is 0 Å². The summed E-state index contributed by atoms with van der Waals surface area (Å²) in [7, 11) is 0. The van der Waals surface area contributed by atoms with E-state index >= 15 is 0 Å². The van der Waals surface area contributed by atoms with Gasteiger partial charge in [0.05, 0.1) is 17.2 Å². The van der Waals surface area contributed by atoms with E-state index in [9.17, 15) is 9.59 Å². The van der Waals surface area contributed by atoms with Crippen LogP contribution < -0.4 is 19.7 Å². The number of hydrogen-bond acceptors (Lipinski definition) is 5. The van der Waals surface area contributed by atoms with Crippen LogP contribution in [0.5, 0.6) is 11.5 Å². The predicted octanol–water partition coefficient (Wildman–Crippen LogP) is 4.19. The van der Waals surface area contributed by atoms with E-state index in [1.807, 2.05) is 41.8 Å². The van der Waals surface area contributed by atoms with E-state index in [-0.39, 0.29) is 18.4 Å². The van der Waals surface area contributed by atoms with Gasteiger partial charge >= 0.3 is 0 Å². The zero-order valence-electron chi connectivity index (χ0n) is 15.7. The lowest BCUT2D eigenvalue weighted by molar-refractivity contribution is -0.121. The maximum absolute atomic E-state index is 12.3. The van der Waals surface area contributed by atoms with E-state index in [0.29, 0.717) is 41.6 Å². The van der Waals surface area contributed by atoms with Crippen LogP contribution in [0.25, 0.3) is 0 Å². The molecule has 3 aromatic rings. The summed E-state index contributed by atoms with van der Waals surface area (Å²) < 4.78 is 11.3. The van der Waals surface area contributed by atoms with Crippen LogP contribution in [-0.2, 0) is 4.79 Å². The second-order valence-corrected chi connectivity index (χ2v) is 7.41. The summed E-state index contributed by atoms with van der Waals surface area (Å²) in [6.07, 6.45) is 0.691. The average Bonchev–Trinajstić information content (AvgIpc) is 3.28. The van der Waals surface area contributed by atoms with Crippen LogP contribution in [0.2, 0.25) is 0 Å². The van der Waals surface area contributed by atoms with E-state index in [1.54, 1.807) is 29.2 Å². The van der Waals surface area contributed by atoms with E-state index < -0.39 is 0 Å². The van der Waals surface area contributed by atoms with Crippen molar-refractivity contribution in [1.82, 2.24) is 0 Å². The minimum absolute atomic E-state index is 0.0190. The number of para-hydroxylation sites is 1. The molecule has 0 saturated heterocycles. The highest BCUT2D eigenvalue weighted by molar-refractivity contribution is 7.12. The molecule has 29 heavy (non-hydrogen) atoms. The molecule has 0 spiro atoms. The monoisotopic (exact) mass is 408 g/mol. The van der Waals surface area contributed by atoms with E-state index in [4.69, 9.17) is 9.47 Å². The molecule has 0 radical (unpaired) electrons. The van der Waals surface area contributed by atoms with Crippen LogP contribution in [0.4, 0.5) is 11.4 Å². The van der Waals surface area contributed by atoms with Gasteiger partial charge in [0.15, 0.2) is 6.61 Å². The van der Waals surface area contributed by atoms with E-state index in [2.05, 4.69) is 5.32 Å². The number of benzene rings is 2. The molecular formula is C22H20N2O4S. The van der Waals surface area contributed by atoms with Crippen molar-refractivity contribution in [3.8, 4) is 11.5 Å². The Morgan fingerprint density at radius 2 is 2.00 bits per heavy atom. The summed E-state index contributed by atoms with van der Waals surface area (Å²) >= 11 is 1.38. The lowest BCUT2D eigenvalue weighted by Crippen LogP contribution is -2.39. The van der Waals surface area contributed by atoms with Gasteiger partial charge in [0.2, 0.25) is 0 Å². The molecule has 0 unspecified atom stereocenters. The Kier molecular flexibility index (Phi) is 5.76. The Labute approximate surface area is 172 Å². The number of carbonyl (C=O) groups is 2. The number of nitrogens with zero attached hydrogens (tertiary/aromatic N) is 1. The third-order valence-electron chi connectivity index (χ3n) is 4.44. The van der Waals surface area contributed by atoms with Crippen molar-refractivity contribution in [2.45, 2.75) is 6.42 Å². The van der Waals surface area contributed by atoms with Crippen LogP contribution >= 0.6 is 11.3 Å². The zero-order valence-corrected chi connectivity index (χ0v) is 16.5. The predicted molar refractivity (Wildman–Crippen MR) is 113 cm³/mol. The first kappa shape index (κ1) is 19.0. The van der Waals surface area contributed by atoms with Crippen LogP contribution in [0.1, 0.15) is 16.1 Å². The summed E-state index contributed by atoms with van der Waals surface area (Å²) in [5, 5.41) is 4.72. The molecule has 2 amide bonds. The summed E-state index contributed by atoms with van der Waals surface area (Å²) in [6, 6.07) is 18.5. The summed E-state index contributed by atoms with van der Waals surface area (Å²) in [4.78, 5) is 26.9. The number of amides is 2. The lowest BCUT2D eigenvalue weighted by Gasteiger charge is -2.29. The number of anilines is 2.